The fraction of sp³-hybridized carbons (Fsp3) is 0.0625. The van der Waals surface area contributed by atoms with Crippen molar-refractivity contribution in [2.45, 2.75) is 12.8 Å². The number of aliphatic imine (C=N–C) groups is 1. The Kier molecular flexibility index (Phi) is 7.60. The topological polar surface area (TPSA) is 122 Å². The summed E-state index contributed by atoms with van der Waals surface area (Å²) in [6.45, 7) is 1.67. The van der Waals surface area contributed by atoms with Crippen molar-refractivity contribution in [3.05, 3.63) is 153 Å². The molecule has 4 aromatic carbocycles. The van der Waals surface area contributed by atoms with Crippen molar-refractivity contribution < 1.29 is 19.3 Å². The number of ketones is 1. The van der Waals surface area contributed by atoms with Crippen molar-refractivity contribution in [3.63, 3.8) is 0 Å². The number of benzene rings is 4. The van der Waals surface area contributed by atoms with Crippen molar-refractivity contribution in [1.29, 1.82) is 0 Å². The van der Waals surface area contributed by atoms with Crippen LogP contribution in [0, 0.1) is 10.1 Å². The maximum Gasteiger partial charge on any atom is 0.297 e. The second-order valence-electron chi connectivity index (χ2n) is 9.31. The molecule has 0 radical (unpaired) electrons. The molecule has 1 aliphatic rings. The Bertz CT molecular complexity index is 1710. The number of nitrogens with zero attached hydrogens (tertiary/aromatic N) is 3. The third-order valence-electron chi connectivity index (χ3n) is 6.62. The summed E-state index contributed by atoms with van der Waals surface area (Å²) in [5, 5.41) is 12.5. The summed E-state index contributed by atoms with van der Waals surface area (Å²) < 4.78 is 0. The summed E-state index contributed by atoms with van der Waals surface area (Å²) in [6, 6.07) is 30.5. The van der Waals surface area contributed by atoms with Crippen molar-refractivity contribution in [3.8, 4) is 0 Å². The molecule has 0 aliphatic carbocycles. The van der Waals surface area contributed by atoms with E-state index in [0.29, 0.717) is 22.3 Å². The zero-order chi connectivity index (χ0) is 28.9. The number of carbonyl (C=O) groups excluding carboxylic acids is 3. The Balaban J connectivity index is 1.43. The Morgan fingerprint density at radius 2 is 1.51 bits per heavy atom. The molecule has 0 aromatic heterocycles. The molecule has 1 aliphatic heterocycles. The number of hydrazine groups is 1. The van der Waals surface area contributed by atoms with Gasteiger partial charge in [0.1, 0.15) is 5.70 Å². The van der Waals surface area contributed by atoms with E-state index >= 15 is 0 Å². The molecule has 0 saturated heterocycles. The Hall–Kier alpha value is -5.70. The molecule has 1 atom stereocenters. The predicted molar refractivity (Wildman–Crippen MR) is 154 cm³/mol. The number of hydrogen-bond acceptors (Lipinski definition) is 6. The second kappa shape index (κ2) is 11.6. The average molecular weight is 545 g/mol. The number of nitrogens with one attached hydrogen (secondary N) is 1. The molecule has 9 heteroatoms. The first-order chi connectivity index (χ1) is 19.8. The minimum Gasteiger partial charge on any atom is -0.289 e. The van der Waals surface area contributed by atoms with Crippen molar-refractivity contribution in [2.24, 2.45) is 4.99 Å². The van der Waals surface area contributed by atoms with Crippen molar-refractivity contribution in [1.82, 2.24) is 10.4 Å². The largest absolute Gasteiger partial charge is 0.297 e. The molecule has 0 spiro atoms. The number of amides is 2. The first-order valence-electron chi connectivity index (χ1n) is 12.8. The molecule has 0 saturated carbocycles. The molecule has 0 bridgehead atoms. The van der Waals surface area contributed by atoms with Crippen LogP contribution in [0.1, 0.15) is 45.5 Å². The third kappa shape index (κ3) is 5.69. The summed E-state index contributed by atoms with van der Waals surface area (Å²) >= 11 is 0. The highest BCUT2D eigenvalue weighted by Crippen LogP contribution is 2.26. The molecule has 1 unspecified atom stereocenters. The Labute approximate surface area is 235 Å². The van der Waals surface area contributed by atoms with Crippen molar-refractivity contribution >= 4 is 35.2 Å². The van der Waals surface area contributed by atoms with Gasteiger partial charge in [-0.2, -0.15) is 5.01 Å². The molecular formula is C32H24N4O5. The predicted octanol–water partition coefficient (Wildman–Crippen LogP) is 5.29. The van der Waals surface area contributed by atoms with Crippen LogP contribution in [0.15, 0.2) is 120 Å². The lowest BCUT2D eigenvalue weighted by atomic mass is 9.95. The standard InChI is InChI=1S/C32H24N4O5/c1-21(24-16-10-17-26(19-24)29(37)22-11-4-2-5-12-22)31(38)34-35-30(23-13-6-3-7-14-23)33-27(32(35)39)20-25-15-8-9-18-28(25)36(40)41/h2-21H,1H3,(H,34,38)/b27-20+. The van der Waals surface area contributed by atoms with Gasteiger partial charge in [-0.15, -0.1) is 0 Å². The molecule has 9 nitrogen and oxygen atoms in total. The van der Waals surface area contributed by atoms with Gasteiger partial charge < -0.3 is 0 Å². The van der Waals surface area contributed by atoms with Gasteiger partial charge in [-0.3, -0.25) is 29.9 Å². The van der Waals surface area contributed by atoms with Gasteiger partial charge in [-0.25, -0.2) is 4.99 Å². The number of nitro groups is 1. The normalized spacial score (nSPS) is 14.5. The summed E-state index contributed by atoms with van der Waals surface area (Å²) in [4.78, 5) is 55.3. The van der Waals surface area contributed by atoms with Crippen LogP contribution in [-0.4, -0.2) is 33.4 Å². The molecule has 41 heavy (non-hydrogen) atoms. The van der Waals surface area contributed by atoms with Crippen LogP contribution in [0.3, 0.4) is 0 Å². The Morgan fingerprint density at radius 1 is 0.878 bits per heavy atom. The SMILES string of the molecule is CC(C(=O)NN1C(=O)/C(=C\c2ccccc2[N+](=O)[O-])N=C1c1ccccc1)c1cccc(C(=O)c2ccccc2)c1. The first-order valence-corrected chi connectivity index (χ1v) is 12.8. The number of rotatable bonds is 8. The van der Waals surface area contributed by atoms with Crippen LogP contribution in [0.25, 0.3) is 6.08 Å². The van der Waals surface area contributed by atoms with Gasteiger partial charge in [0.2, 0.25) is 5.91 Å². The maximum absolute atomic E-state index is 13.5. The van der Waals surface area contributed by atoms with Crippen LogP contribution < -0.4 is 5.43 Å². The van der Waals surface area contributed by atoms with Gasteiger partial charge in [0.05, 0.1) is 16.4 Å². The quantitative estimate of drug-likeness (QED) is 0.140. The van der Waals surface area contributed by atoms with E-state index in [-0.39, 0.29) is 28.6 Å². The zero-order valence-electron chi connectivity index (χ0n) is 21.9. The highest BCUT2D eigenvalue weighted by Gasteiger charge is 2.34. The molecule has 2 amide bonds. The van der Waals surface area contributed by atoms with Crippen LogP contribution >= 0.6 is 0 Å². The van der Waals surface area contributed by atoms with Gasteiger partial charge in [-0.1, -0.05) is 91.0 Å². The zero-order valence-corrected chi connectivity index (χ0v) is 21.9. The summed E-state index contributed by atoms with van der Waals surface area (Å²) in [5.74, 6) is -1.87. The number of carbonyl (C=O) groups is 3. The fourth-order valence-corrected chi connectivity index (χ4v) is 4.39. The first kappa shape index (κ1) is 26.9. The van der Waals surface area contributed by atoms with Gasteiger partial charge >= 0.3 is 0 Å². The second-order valence-corrected chi connectivity index (χ2v) is 9.31. The van der Waals surface area contributed by atoms with E-state index < -0.39 is 22.7 Å². The van der Waals surface area contributed by atoms with Crippen LogP contribution in [0.4, 0.5) is 5.69 Å². The molecule has 5 rings (SSSR count). The smallest absolute Gasteiger partial charge is 0.289 e. The lowest BCUT2D eigenvalue weighted by molar-refractivity contribution is -0.385. The van der Waals surface area contributed by atoms with E-state index in [2.05, 4.69) is 10.4 Å². The van der Waals surface area contributed by atoms with Crippen molar-refractivity contribution in [2.75, 3.05) is 0 Å². The molecule has 1 N–H and O–H groups in total. The van der Waals surface area contributed by atoms with Crippen LogP contribution in [0.5, 0.6) is 0 Å². The van der Waals surface area contributed by atoms with Gasteiger partial charge in [-0.05, 0) is 30.7 Å². The number of hydrogen-bond donors (Lipinski definition) is 1. The maximum atomic E-state index is 13.5. The molecule has 1 heterocycles. The highest BCUT2D eigenvalue weighted by atomic mass is 16.6. The molecule has 4 aromatic rings. The van der Waals surface area contributed by atoms with Crippen LogP contribution in [-0.2, 0) is 9.59 Å². The van der Waals surface area contributed by atoms with Gasteiger partial charge in [0.15, 0.2) is 11.6 Å². The molecule has 202 valence electrons. The monoisotopic (exact) mass is 544 g/mol. The Morgan fingerprint density at radius 3 is 2.22 bits per heavy atom. The van der Waals surface area contributed by atoms with E-state index in [1.807, 2.05) is 6.07 Å². The van der Waals surface area contributed by atoms with Gasteiger partial charge in [0, 0.05) is 22.8 Å². The molecule has 0 fully saturated rings. The number of amidine groups is 1. The van der Waals surface area contributed by atoms with E-state index in [4.69, 9.17) is 0 Å². The fourth-order valence-electron chi connectivity index (χ4n) is 4.39. The van der Waals surface area contributed by atoms with E-state index in [0.717, 1.165) is 5.01 Å². The summed E-state index contributed by atoms with van der Waals surface area (Å²) in [7, 11) is 0. The lowest BCUT2D eigenvalue weighted by Crippen LogP contribution is -2.48. The number of nitro benzene ring substituents is 1. The summed E-state index contributed by atoms with van der Waals surface area (Å²) in [5.41, 5.74) is 4.75. The lowest BCUT2D eigenvalue weighted by Gasteiger charge is -2.22. The minimum atomic E-state index is -0.730. The van der Waals surface area contributed by atoms with E-state index in [1.54, 1.807) is 91.9 Å². The minimum absolute atomic E-state index is 0.0680. The average Bonchev–Trinajstić information content (AvgIpc) is 3.31. The molecular weight excluding hydrogens is 520 g/mol. The summed E-state index contributed by atoms with van der Waals surface area (Å²) in [6.07, 6.45) is 1.33. The van der Waals surface area contributed by atoms with E-state index in [9.17, 15) is 24.5 Å². The third-order valence-corrected chi connectivity index (χ3v) is 6.62. The van der Waals surface area contributed by atoms with Gasteiger partial charge in [0.25, 0.3) is 11.6 Å². The van der Waals surface area contributed by atoms with E-state index in [1.165, 1.54) is 24.3 Å². The number of para-hydroxylation sites is 1. The highest BCUT2D eigenvalue weighted by molar-refractivity contribution is 6.20. The van der Waals surface area contributed by atoms with Crippen LogP contribution in [0.2, 0.25) is 0 Å².